The van der Waals surface area contributed by atoms with E-state index in [0.29, 0.717) is 11.4 Å². The van der Waals surface area contributed by atoms with Crippen molar-refractivity contribution >= 4 is 33.8 Å². The first kappa shape index (κ1) is 15.3. The predicted molar refractivity (Wildman–Crippen MR) is 90.5 cm³/mol. The minimum Gasteiger partial charge on any atom is -0.450 e. The third-order valence-corrected chi connectivity index (χ3v) is 3.76. The van der Waals surface area contributed by atoms with Gasteiger partial charge in [-0.15, -0.1) is 0 Å². The van der Waals surface area contributed by atoms with Crippen molar-refractivity contribution in [1.82, 2.24) is 14.9 Å². The molecule has 3 rings (SSSR count). The van der Waals surface area contributed by atoms with E-state index in [0.717, 1.165) is 29.5 Å². The highest BCUT2D eigenvalue weighted by atomic mass is 16.3. The molecular weight excluding hydrogens is 292 g/mol. The average molecular weight is 312 g/mol. The van der Waals surface area contributed by atoms with Gasteiger partial charge in [0.2, 0.25) is 5.91 Å². The summed E-state index contributed by atoms with van der Waals surface area (Å²) in [5.74, 6) is 0.699. The third kappa shape index (κ3) is 2.84. The van der Waals surface area contributed by atoms with E-state index in [1.54, 1.807) is 19.0 Å². The Bertz CT molecular complexity index is 841. The summed E-state index contributed by atoms with van der Waals surface area (Å²) in [5, 5.41) is 0.960. The number of aromatic nitrogens is 2. The van der Waals surface area contributed by atoms with Crippen molar-refractivity contribution in [2.75, 3.05) is 32.1 Å². The van der Waals surface area contributed by atoms with Crippen LogP contribution in [0.4, 0.5) is 5.82 Å². The quantitative estimate of drug-likeness (QED) is 0.725. The minimum atomic E-state index is 0.0290. The molecule has 1 aromatic carbocycles. The fourth-order valence-corrected chi connectivity index (χ4v) is 2.57. The summed E-state index contributed by atoms with van der Waals surface area (Å²) in [6.07, 6.45) is 2.44. The lowest BCUT2D eigenvalue weighted by Crippen LogP contribution is -2.37. The monoisotopic (exact) mass is 312 g/mol. The number of nitrogens with zero attached hydrogens (tertiary/aromatic N) is 4. The Labute approximate surface area is 134 Å². The topological polar surface area (TPSA) is 62.5 Å². The Morgan fingerprint density at radius 3 is 2.74 bits per heavy atom. The maximum Gasteiger partial charge on any atom is 0.241 e. The summed E-state index contributed by atoms with van der Waals surface area (Å²) in [6.45, 7) is 3.07. The van der Waals surface area contributed by atoms with Crippen LogP contribution in [0.2, 0.25) is 0 Å². The van der Waals surface area contributed by atoms with Crippen molar-refractivity contribution in [2.45, 2.75) is 13.3 Å². The molecular formula is C17H20N4O2. The second-order valence-corrected chi connectivity index (χ2v) is 5.68. The summed E-state index contributed by atoms with van der Waals surface area (Å²) in [4.78, 5) is 24.4. The number of carbonyl (C=O) groups is 1. The van der Waals surface area contributed by atoms with Gasteiger partial charge in [-0.3, -0.25) is 4.79 Å². The van der Waals surface area contributed by atoms with Crippen molar-refractivity contribution in [3.8, 4) is 0 Å². The lowest BCUT2D eigenvalue weighted by atomic mass is 10.2. The normalized spacial score (nSPS) is 11.1. The molecule has 120 valence electrons. The lowest BCUT2D eigenvalue weighted by molar-refractivity contribution is -0.127. The molecule has 6 nitrogen and oxygen atoms in total. The fraction of sp³-hybridized carbons (Fsp3) is 0.353. The summed E-state index contributed by atoms with van der Waals surface area (Å²) in [7, 11) is 3.51. The molecule has 0 atom stereocenters. The minimum absolute atomic E-state index is 0.0290. The van der Waals surface area contributed by atoms with Crippen LogP contribution in [0.25, 0.3) is 22.1 Å². The average Bonchev–Trinajstić information content (AvgIpc) is 2.93. The van der Waals surface area contributed by atoms with Gasteiger partial charge in [0.15, 0.2) is 11.4 Å². The molecule has 0 N–H and O–H groups in total. The molecule has 0 radical (unpaired) electrons. The Kier molecular flexibility index (Phi) is 4.14. The first-order valence-electron chi connectivity index (χ1n) is 7.69. The number of rotatable bonds is 5. The number of benzene rings is 1. The molecule has 0 saturated heterocycles. The zero-order valence-electron chi connectivity index (χ0n) is 13.6. The lowest BCUT2D eigenvalue weighted by Gasteiger charge is -2.23. The summed E-state index contributed by atoms with van der Waals surface area (Å²) in [6, 6.07) is 7.78. The molecule has 2 aromatic heterocycles. The molecule has 23 heavy (non-hydrogen) atoms. The first-order chi connectivity index (χ1) is 11.1. The second kappa shape index (κ2) is 6.24. The molecule has 1 amide bonds. The first-order valence-corrected chi connectivity index (χ1v) is 7.69. The van der Waals surface area contributed by atoms with Gasteiger partial charge in [-0.05, 0) is 18.6 Å². The SMILES string of the molecule is CCCN(CC(=O)N(C)C)c1ncnc2c1oc1ccccc12. The van der Waals surface area contributed by atoms with Crippen LogP contribution in [0, 0.1) is 0 Å². The fourth-order valence-electron chi connectivity index (χ4n) is 2.57. The molecule has 0 fully saturated rings. The van der Waals surface area contributed by atoms with Crippen molar-refractivity contribution in [2.24, 2.45) is 0 Å². The number of anilines is 1. The Morgan fingerprint density at radius 2 is 2.00 bits per heavy atom. The zero-order chi connectivity index (χ0) is 16.4. The number of carbonyl (C=O) groups excluding carboxylic acids is 1. The van der Waals surface area contributed by atoms with E-state index in [-0.39, 0.29) is 12.5 Å². The van der Waals surface area contributed by atoms with Crippen LogP contribution in [0.3, 0.4) is 0 Å². The Hall–Kier alpha value is -2.63. The van der Waals surface area contributed by atoms with Crippen molar-refractivity contribution in [1.29, 1.82) is 0 Å². The highest BCUT2D eigenvalue weighted by Gasteiger charge is 2.20. The molecule has 0 saturated carbocycles. The second-order valence-electron chi connectivity index (χ2n) is 5.68. The molecule has 2 heterocycles. The van der Waals surface area contributed by atoms with Crippen LogP contribution in [-0.4, -0.2) is 48.0 Å². The van der Waals surface area contributed by atoms with E-state index in [2.05, 4.69) is 16.9 Å². The van der Waals surface area contributed by atoms with E-state index in [1.165, 1.54) is 6.33 Å². The van der Waals surface area contributed by atoms with Gasteiger partial charge < -0.3 is 14.2 Å². The van der Waals surface area contributed by atoms with Gasteiger partial charge in [-0.2, -0.15) is 0 Å². The van der Waals surface area contributed by atoms with Crippen molar-refractivity contribution in [3.63, 3.8) is 0 Å². The van der Waals surface area contributed by atoms with Gasteiger partial charge in [0.25, 0.3) is 0 Å². The van der Waals surface area contributed by atoms with Crippen LogP contribution in [-0.2, 0) is 4.79 Å². The maximum atomic E-state index is 12.1. The number of amides is 1. The molecule has 0 bridgehead atoms. The molecule has 3 aromatic rings. The van der Waals surface area contributed by atoms with E-state index in [4.69, 9.17) is 4.42 Å². The standard InChI is InChI=1S/C17H20N4O2/c1-4-9-21(10-14(22)20(2)3)17-16-15(18-11-19-17)12-7-5-6-8-13(12)23-16/h5-8,11H,4,9-10H2,1-3H3. The zero-order valence-corrected chi connectivity index (χ0v) is 13.6. The van der Waals surface area contributed by atoms with Crippen molar-refractivity contribution in [3.05, 3.63) is 30.6 Å². The number of furan rings is 1. The van der Waals surface area contributed by atoms with E-state index in [9.17, 15) is 4.79 Å². The molecule has 0 aliphatic heterocycles. The van der Waals surface area contributed by atoms with Gasteiger partial charge in [0.05, 0.1) is 6.54 Å². The summed E-state index contributed by atoms with van der Waals surface area (Å²) >= 11 is 0. The third-order valence-electron chi connectivity index (χ3n) is 3.76. The molecule has 6 heteroatoms. The van der Waals surface area contributed by atoms with Crippen molar-refractivity contribution < 1.29 is 9.21 Å². The van der Waals surface area contributed by atoms with Gasteiger partial charge in [0, 0.05) is 26.0 Å². The van der Waals surface area contributed by atoms with Crippen LogP contribution >= 0.6 is 0 Å². The summed E-state index contributed by atoms with van der Waals surface area (Å²) < 4.78 is 5.96. The van der Waals surface area contributed by atoms with E-state index >= 15 is 0 Å². The van der Waals surface area contributed by atoms with Gasteiger partial charge in [0.1, 0.15) is 17.4 Å². The van der Waals surface area contributed by atoms with Crippen LogP contribution in [0.15, 0.2) is 35.0 Å². The highest BCUT2D eigenvalue weighted by Crippen LogP contribution is 2.32. The molecule has 0 spiro atoms. The Morgan fingerprint density at radius 1 is 1.22 bits per heavy atom. The highest BCUT2D eigenvalue weighted by molar-refractivity contribution is 6.05. The van der Waals surface area contributed by atoms with Crippen LogP contribution in [0.1, 0.15) is 13.3 Å². The predicted octanol–water partition coefficient (Wildman–Crippen LogP) is 2.68. The number of fused-ring (bicyclic) bond motifs is 3. The molecule has 0 aliphatic carbocycles. The number of likely N-dealkylation sites (N-methyl/N-ethyl adjacent to an activating group) is 1. The van der Waals surface area contributed by atoms with E-state index < -0.39 is 0 Å². The Balaban J connectivity index is 2.10. The van der Waals surface area contributed by atoms with Crippen LogP contribution < -0.4 is 4.90 Å². The van der Waals surface area contributed by atoms with E-state index in [1.807, 2.05) is 29.2 Å². The van der Waals surface area contributed by atoms with Gasteiger partial charge in [-0.25, -0.2) is 9.97 Å². The van der Waals surface area contributed by atoms with Gasteiger partial charge in [-0.1, -0.05) is 19.1 Å². The largest absolute Gasteiger partial charge is 0.450 e. The summed E-state index contributed by atoms with van der Waals surface area (Å²) in [5.41, 5.74) is 2.19. The number of para-hydroxylation sites is 1. The number of hydrogen-bond donors (Lipinski definition) is 0. The maximum absolute atomic E-state index is 12.1. The smallest absolute Gasteiger partial charge is 0.241 e. The van der Waals surface area contributed by atoms with Gasteiger partial charge >= 0.3 is 0 Å². The molecule has 0 unspecified atom stereocenters. The number of hydrogen-bond acceptors (Lipinski definition) is 5. The molecule has 0 aliphatic rings. The van der Waals surface area contributed by atoms with Crippen LogP contribution in [0.5, 0.6) is 0 Å².